The van der Waals surface area contributed by atoms with Crippen LogP contribution in [0.2, 0.25) is 0 Å². The monoisotopic (exact) mass is 515 g/mol. The average molecular weight is 516 g/mol. The number of hydrogen-bond acceptors (Lipinski definition) is 6. The van der Waals surface area contributed by atoms with Gasteiger partial charge in [0.15, 0.2) is 5.13 Å². The summed E-state index contributed by atoms with van der Waals surface area (Å²) in [5.41, 5.74) is 8.16. The summed E-state index contributed by atoms with van der Waals surface area (Å²) in [6.45, 7) is 2.06. The van der Waals surface area contributed by atoms with E-state index in [2.05, 4.69) is 64.7 Å². The smallest absolute Gasteiger partial charge is 0.233 e. The number of carbonyl (C=O) groups is 1. The van der Waals surface area contributed by atoms with Crippen molar-refractivity contribution in [1.82, 2.24) is 19.9 Å². The summed E-state index contributed by atoms with van der Waals surface area (Å²) in [5, 5.41) is 5.81. The Morgan fingerprint density at radius 1 is 0.921 bits per heavy atom. The Balaban J connectivity index is 1.10. The van der Waals surface area contributed by atoms with Gasteiger partial charge in [-0.1, -0.05) is 48.5 Å². The summed E-state index contributed by atoms with van der Waals surface area (Å²) in [4.78, 5) is 32.1. The molecule has 5 aromatic rings. The van der Waals surface area contributed by atoms with Gasteiger partial charge in [-0.15, -0.1) is 11.3 Å². The molecule has 0 saturated carbocycles. The van der Waals surface area contributed by atoms with Crippen LogP contribution in [0.1, 0.15) is 59.0 Å². The summed E-state index contributed by atoms with van der Waals surface area (Å²) in [6.07, 6.45) is 8.51. The van der Waals surface area contributed by atoms with E-state index in [9.17, 15) is 4.79 Å². The van der Waals surface area contributed by atoms with Crippen molar-refractivity contribution < 1.29 is 4.79 Å². The van der Waals surface area contributed by atoms with Crippen molar-refractivity contribution in [3.05, 3.63) is 125 Å². The average Bonchev–Trinajstić information content (AvgIpc) is 3.40. The van der Waals surface area contributed by atoms with E-state index < -0.39 is 5.41 Å². The van der Waals surface area contributed by atoms with E-state index in [-0.39, 0.29) is 17.7 Å². The molecule has 6 nitrogen and oxygen atoms in total. The van der Waals surface area contributed by atoms with Crippen molar-refractivity contribution in [3.8, 4) is 11.1 Å². The van der Waals surface area contributed by atoms with Gasteiger partial charge in [0.2, 0.25) is 5.91 Å². The van der Waals surface area contributed by atoms with Crippen LogP contribution in [0, 0.1) is 5.41 Å². The van der Waals surface area contributed by atoms with Crippen LogP contribution < -0.4 is 5.32 Å². The topological polar surface area (TPSA) is 80.7 Å². The van der Waals surface area contributed by atoms with Gasteiger partial charge in [0.25, 0.3) is 0 Å². The van der Waals surface area contributed by atoms with Gasteiger partial charge in [-0.05, 0) is 53.3 Å². The Morgan fingerprint density at radius 3 is 2.42 bits per heavy atom. The van der Waals surface area contributed by atoms with Crippen molar-refractivity contribution in [3.63, 3.8) is 0 Å². The highest BCUT2D eigenvalue weighted by Crippen LogP contribution is 2.60. The quantitative estimate of drug-likeness (QED) is 0.301. The number of carbonyl (C=O) groups excluding carboxylic acids is 1. The molecule has 186 valence electrons. The molecule has 7 heteroatoms. The molecule has 3 heterocycles. The minimum Gasteiger partial charge on any atom is -0.301 e. The number of anilines is 1. The summed E-state index contributed by atoms with van der Waals surface area (Å²) in [5.74, 6) is -0.0794. The molecule has 38 heavy (non-hydrogen) atoms. The Labute approximate surface area is 224 Å². The van der Waals surface area contributed by atoms with E-state index in [1.807, 2.05) is 23.6 Å². The number of pyridine rings is 1. The minimum atomic E-state index is -0.642. The number of hydrogen-bond donors (Lipinski definition) is 1. The van der Waals surface area contributed by atoms with Crippen molar-refractivity contribution in [2.45, 2.75) is 31.6 Å². The molecular weight excluding hydrogens is 490 g/mol. The van der Waals surface area contributed by atoms with E-state index in [1.54, 1.807) is 24.8 Å². The zero-order valence-electron chi connectivity index (χ0n) is 20.8. The largest absolute Gasteiger partial charge is 0.301 e. The molecule has 3 aromatic heterocycles. The van der Waals surface area contributed by atoms with Crippen LogP contribution in [-0.4, -0.2) is 25.8 Å². The summed E-state index contributed by atoms with van der Waals surface area (Å²) < 4.78 is 0. The molecule has 8 rings (SSSR count). The lowest BCUT2D eigenvalue weighted by molar-refractivity contribution is -0.126. The first-order valence-electron chi connectivity index (χ1n) is 12.7. The first-order chi connectivity index (χ1) is 18.6. The molecular formula is C31H25N5OS. The van der Waals surface area contributed by atoms with Gasteiger partial charge in [0.05, 0.1) is 22.5 Å². The lowest BCUT2D eigenvalue weighted by Crippen LogP contribution is -2.47. The van der Waals surface area contributed by atoms with Crippen LogP contribution in [0.4, 0.5) is 5.13 Å². The standard InChI is InChI=1S/C31H25N5OS/c1-31(17-25-23-4-2-3-5-24(23)26(31)28-27(25)33-14-15-34-28)29(37)36-30-35-22(18-38-30)16-19-6-8-20(9-7-19)21-10-12-32-13-11-21/h2-15,18,25-26H,16-17H2,1H3,(H,35,36,37). The SMILES string of the molecule is CC1(C(=O)Nc2nc(Cc3ccc(-c4ccncc4)cc3)cs2)CC2c3ccccc3C1c1nccnc12. The molecule has 2 aromatic carbocycles. The van der Waals surface area contributed by atoms with Gasteiger partial charge < -0.3 is 5.32 Å². The number of aromatic nitrogens is 4. The van der Waals surface area contributed by atoms with E-state index in [1.165, 1.54) is 28.0 Å². The van der Waals surface area contributed by atoms with Crippen LogP contribution in [0.25, 0.3) is 11.1 Å². The molecule has 0 aliphatic heterocycles. The lowest BCUT2D eigenvalue weighted by Gasteiger charge is -2.49. The third-order valence-corrected chi connectivity index (χ3v) is 8.76. The van der Waals surface area contributed by atoms with Crippen molar-refractivity contribution in [1.29, 1.82) is 0 Å². The summed E-state index contributed by atoms with van der Waals surface area (Å²) >= 11 is 1.47. The highest BCUT2D eigenvalue weighted by molar-refractivity contribution is 7.13. The van der Waals surface area contributed by atoms with Crippen LogP contribution in [0.5, 0.6) is 0 Å². The number of amides is 1. The maximum absolute atomic E-state index is 13.8. The molecule has 0 saturated heterocycles. The second kappa shape index (κ2) is 8.96. The van der Waals surface area contributed by atoms with Gasteiger partial charge in [-0.2, -0.15) is 0 Å². The van der Waals surface area contributed by atoms with Crippen LogP contribution in [0.3, 0.4) is 0 Å². The Morgan fingerprint density at radius 2 is 1.63 bits per heavy atom. The zero-order chi connectivity index (χ0) is 25.7. The van der Waals surface area contributed by atoms with Gasteiger partial charge in [-0.25, -0.2) is 4.98 Å². The predicted octanol–water partition coefficient (Wildman–Crippen LogP) is 6.21. The first-order valence-corrected chi connectivity index (χ1v) is 13.6. The summed E-state index contributed by atoms with van der Waals surface area (Å²) in [6, 6.07) is 20.9. The molecule has 3 aliphatic carbocycles. The number of rotatable bonds is 5. The number of nitrogens with one attached hydrogen (secondary N) is 1. The van der Waals surface area contributed by atoms with Gasteiger partial charge in [0.1, 0.15) is 0 Å². The first kappa shape index (κ1) is 22.9. The van der Waals surface area contributed by atoms with Crippen molar-refractivity contribution in [2.75, 3.05) is 5.32 Å². The summed E-state index contributed by atoms with van der Waals surface area (Å²) in [7, 11) is 0. The third-order valence-electron chi connectivity index (χ3n) is 7.95. The molecule has 2 bridgehead atoms. The highest BCUT2D eigenvalue weighted by Gasteiger charge is 2.55. The number of thiazole rings is 1. The fourth-order valence-corrected chi connectivity index (χ4v) is 6.81. The molecule has 3 unspecified atom stereocenters. The third kappa shape index (κ3) is 3.73. The van der Waals surface area contributed by atoms with E-state index in [4.69, 9.17) is 9.97 Å². The van der Waals surface area contributed by atoms with Crippen molar-refractivity contribution in [2.24, 2.45) is 5.41 Å². The molecule has 1 amide bonds. The molecule has 0 spiro atoms. The molecule has 0 radical (unpaired) electrons. The number of nitrogens with zero attached hydrogens (tertiary/aromatic N) is 4. The van der Waals surface area contributed by atoms with Gasteiger partial charge in [0, 0.05) is 48.4 Å². The molecule has 3 atom stereocenters. The van der Waals surface area contributed by atoms with E-state index in [0.717, 1.165) is 28.2 Å². The van der Waals surface area contributed by atoms with E-state index >= 15 is 0 Å². The lowest BCUT2D eigenvalue weighted by atomic mass is 9.54. The second-order valence-corrected chi connectivity index (χ2v) is 11.1. The molecule has 3 aliphatic rings. The Bertz CT molecular complexity index is 1600. The Hall–Kier alpha value is -4.23. The molecule has 1 N–H and O–H groups in total. The zero-order valence-corrected chi connectivity index (χ0v) is 21.7. The second-order valence-electron chi connectivity index (χ2n) is 10.3. The number of fused-ring (bicyclic) bond motifs is 1. The highest BCUT2D eigenvalue weighted by atomic mass is 32.1. The fourth-order valence-electron chi connectivity index (χ4n) is 6.11. The Kier molecular flexibility index (Phi) is 5.40. The van der Waals surface area contributed by atoms with Crippen LogP contribution in [0.15, 0.2) is 90.8 Å². The maximum atomic E-state index is 13.8. The van der Waals surface area contributed by atoms with Crippen molar-refractivity contribution >= 4 is 22.4 Å². The van der Waals surface area contributed by atoms with Crippen LogP contribution in [-0.2, 0) is 11.2 Å². The van der Waals surface area contributed by atoms with Gasteiger partial charge in [-0.3, -0.25) is 19.7 Å². The van der Waals surface area contributed by atoms with E-state index in [0.29, 0.717) is 18.0 Å². The predicted molar refractivity (Wildman–Crippen MR) is 148 cm³/mol. The normalized spacial score (nSPS) is 21.0. The van der Waals surface area contributed by atoms with Crippen LogP contribution >= 0.6 is 11.3 Å². The fraction of sp³-hybridized carbons (Fsp3) is 0.194. The molecule has 0 fully saturated rings. The number of benzene rings is 2. The minimum absolute atomic E-state index is 0.0130. The maximum Gasteiger partial charge on any atom is 0.233 e. The van der Waals surface area contributed by atoms with Gasteiger partial charge >= 0.3 is 0 Å².